The van der Waals surface area contributed by atoms with Gasteiger partial charge in [0.1, 0.15) is 16.6 Å². The molecule has 0 aliphatic heterocycles. The highest BCUT2D eigenvalue weighted by atomic mass is 35.5. The minimum Gasteiger partial charge on any atom is -0.491 e. The smallest absolute Gasteiger partial charge is 0.247 e. The van der Waals surface area contributed by atoms with Crippen molar-refractivity contribution in [1.82, 2.24) is 0 Å². The minimum atomic E-state index is -3.71. The number of ether oxygens (including phenoxy) is 1. The normalized spacial score (nSPS) is 11.9. The maximum Gasteiger partial charge on any atom is 0.247 e. The van der Waals surface area contributed by atoms with Crippen LogP contribution in [-0.2, 0) is 10.0 Å². The van der Waals surface area contributed by atoms with Gasteiger partial charge in [-0.05, 0) is 18.2 Å². The maximum absolute atomic E-state index is 11.3. The molecule has 0 aliphatic rings. The molecule has 8 heteroatoms. The van der Waals surface area contributed by atoms with Crippen LogP contribution in [0.25, 0.3) is 10.1 Å². The van der Waals surface area contributed by atoms with Crippen molar-refractivity contribution in [2.24, 2.45) is 5.14 Å². The van der Waals surface area contributed by atoms with Crippen LogP contribution in [0.15, 0.2) is 22.4 Å². The highest BCUT2D eigenvalue weighted by Crippen LogP contribution is 2.38. The molecule has 1 heterocycles. The zero-order valence-corrected chi connectivity index (χ0v) is 12.2. The van der Waals surface area contributed by atoms with Crippen molar-refractivity contribution in [3.05, 3.63) is 23.2 Å². The quantitative estimate of drug-likeness (QED) is 0.879. The van der Waals surface area contributed by atoms with E-state index >= 15 is 0 Å². The van der Waals surface area contributed by atoms with Crippen molar-refractivity contribution in [3.63, 3.8) is 0 Å². The number of rotatable bonds is 4. The molecule has 0 aliphatic carbocycles. The molecule has 18 heavy (non-hydrogen) atoms. The summed E-state index contributed by atoms with van der Waals surface area (Å²) in [6, 6.07) is 4.87. The van der Waals surface area contributed by atoms with Crippen LogP contribution in [0.4, 0.5) is 0 Å². The fourth-order valence-electron chi connectivity index (χ4n) is 1.43. The second kappa shape index (κ2) is 5.22. The Labute approximate surface area is 118 Å². The van der Waals surface area contributed by atoms with Crippen LogP contribution in [-0.4, -0.2) is 20.9 Å². The van der Waals surface area contributed by atoms with Crippen LogP contribution in [0.5, 0.6) is 5.75 Å². The van der Waals surface area contributed by atoms with Crippen LogP contribution < -0.4 is 9.88 Å². The number of alkyl halides is 1. The van der Waals surface area contributed by atoms with Crippen LogP contribution in [0.3, 0.4) is 0 Å². The molecular weight excluding hydrogens is 317 g/mol. The van der Waals surface area contributed by atoms with Crippen molar-refractivity contribution >= 4 is 54.6 Å². The van der Waals surface area contributed by atoms with Gasteiger partial charge in [0.2, 0.25) is 10.0 Å². The fraction of sp³-hybridized carbons (Fsp3) is 0.200. The van der Waals surface area contributed by atoms with Gasteiger partial charge in [-0.15, -0.1) is 22.9 Å². The molecule has 0 saturated carbocycles. The van der Waals surface area contributed by atoms with Crippen molar-refractivity contribution in [2.75, 3.05) is 12.5 Å². The van der Waals surface area contributed by atoms with Crippen LogP contribution >= 0.6 is 34.5 Å². The van der Waals surface area contributed by atoms with Gasteiger partial charge in [0.05, 0.1) is 10.9 Å². The van der Waals surface area contributed by atoms with Crippen molar-refractivity contribution in [3.8, 4) is 5.75 Å². The Balaban J connectivity index is 2.54. The largest absolute Gasteiger partial charge is 0.491 e. The number of hydrogen-bond donors (Lipinski definition) is 1. The van der Waals surface area contributed by atoms with Gasteiger partial charge in [-0.3, -0.25) is 0 Å². The highest BCUT2D eigenvalue weighted by molar-refractivity contribution is 7.91. The molecule has 0 radical (unpaired) electrons. The summed E-state index contributed by atoms with van der Waals surface area (Å²) < 4.78 is 28.7. The molecule has 2 rings (SSSR count). The van der Waals surface area contributed by atoms with Gasteiger partial charge in [-0.25, -0.2) is 13.6 Å². The van der Waals surface area contributed by atoms with E-state index in [4.69, 9.17) is 33.1 Å². The van der Waals surface area contributed by atoms with Gasteiger partial charge < -0.3 is 4.74 Å². The Morgan fingerprint density at radius 3 is 2.72 bits per heavy atom. The number of sulfonamides is 1. The molecule has 98 valence electrons. The summed E-state index contributed by atoms with van der Waals surface area (Å²) in [6.07, 6.45) is 0. The molecule has 1 aromatic heterocycles. The van der Waals surface area contributed by atoms with Crippen LogP contribution in [0.2, 0.25) is 5.02 Å². The summed E-state index contributed by atoms with van der Waals surface area (Å²) >= 11 is 12.7. The molecule has 1 aromatic carbocycles. The Morgan fingerprint density at radius 2 is 2.11 bits per heavy atom. The number of nitrogens with two attached hydrogens (primary N) is 1. The first-order valence-electron chi connectivity index (χ1n) is 4.87. The second-order valence-corrected chi connectivity index (χ2v) is 7.07. The van der Waals surface area contributed by atoms with E-state index in [9.17, 15) is 8.42 Å². The molecule has 0 spiro atoms. The third-order valence-electron chi connectivity index (χ3n) is 2.19. The molecule has 2 N–H and O–H groups in total. The lowest BCUT2D eigenvalue weighted by Gasteiger charge is -2.06. The lowest BCUT2D eigenvalue weighted by molar-refractivity contribution is 0.343. The molecule has 2 aromatic rings. The van der Waals surface area contributed by atoms with E-state index < -0.39 is 10.0 Å². The second-order valence-electron chi connectivity index (χ2n) is 3.44. The predicted molar refractivity (Wildman–Crippen MR) is 74.4 cm³/mol. The van der Waals surface area contributed by atoms with E-state index in [1.807, 2.05) is 0 Å². The monoisotopic (exact) mass is 325 g/mol. The number of hydrogen-bond acceptors (Lipinski definition) is 4. The highest BCUT2D eigenvalue weighted by Gasteiger charge is 2.16. The maximum atomic E-state index is 11.3. The molecule has 0 unspecified atom stereocenters. The lowest BCUT2D eigenvalue weighted by Crippen LogP contribution is -2.09. The van der Waals surface area contributed by atoms with Crippen molar-refractivity contribution in [1.29, 1.82) is 0 Å². The van der Waals surface area contributed by atoms with Gasteiger partial charge in [-0.2, -0.15) is 0 Å². The lowest BCUT2D eigenvalue weighted by atomic mass is 10.2. The number of primary sulfonamides is 1. The Morgan fingerprint density at radius 1 is 1.39 bits per heavy atom. The zero-order chi connectivity index (χ0) is 13.3. The van der Waals surface area contributed by atoms with Gasteiger partial charge in [0.15, 0.2) is 0 Å². The summed E-state index contributed by atoms with van der Waals surface area (Å²) in [7, 11) is -3.71. The minimum absolute atomic E-state index is 0.0777. The summed E-state index contributed by atoms with van der Waals surface area (Å²) in [5.74, 6) is 0.823. The van der Waals surface area contributed by atoms with E-state index in [0.29, 0.717) is 28.6 Å². The van der Waals surface area contributed by atoms with Crippen molar-refractivity contribution in [2.45, 2.75) is 4.21 Å². The Hall–Kier alpha value is -0.530. The Bertz CT molecular complexity index is 682. The molecule has 0 amide bonds. The third kappa shape index (κ3) is 2.73. The molecule has 4 nitrogen and oxygen atoms in total. The first-order chi connectivity index (χ1) is 8.43. The summed E-state index contributed by atoms with van der Waals surface area (Å²) in [5, 5.41) is 6.05. The zero-order valence-electron chi connectivity index (χ0n) is 9.02. The van der Waals surface area contributed by atoms with Gasteiger partial charge in [-0.1, -0.05) is 11.6 Å². The standard InChI is InChI=1S/C10H9Cl2NO3S2/c11-3-4-16-7-1-2-8-6(10(7)12)5-9(17-8)18(13,14)15/h1-2,5H,3-4H2,(H2,13,14,15). The van der Waals surface area contributed by atoms with E-state index in [1.54, 1.807) is 12.1 Å². The SMILES string of the molecule is NS(=O)(=O)c1cc2c(Cl)c(OCCCl)ccc2s1. The van der Waals surface area contributed by atoms with E-state index in [1.165, 1.54) is 6.07 Å². The number of benzene rings is 1. The molecule has 0 atom stereocenters. The van der Waals surface area contributed by atoms with Gasteiger partial charge in [0, 0.05) is 10.1 Å². The van der Waals surface area contributed by atoms with Crippen LogP contribution in [0, 0.1) is 0 Å². The topological polar surface area (TPSA) is 69.4 Å². The van der Waals surface area contributed by atoms with E-state index in [2.05, 4.69) is 0 Å². The summed E-state index contributed by atoms with van der Waals surface area (Å²) in [5.41, 5.74) is 0. The number of fused-ring (bicyclic) bond motifs is 1. The predicted octanol–water partition coefficient (Wildman–Crippen LogP) is 2.82. The van der Waals surface area contributed by atoms with Crippen molar-refractivity contribution < 1.29 is 13.2 Å². The summed E-state index contributed by atoms with van der Waals surface area (Å²) in [6.45, 7) is 0.332. The molecular formula is C10H9Cl2NO3S2. The molecule has 0 bridgehead atoms. The third-order valence-corrected chi connectivity index (χ3v) is 5.26. The average Bonchev–Trinajstić information content (AvgIpc) is 2.73. The van der Waals surface area contributed by atoms with Gasteiger partial charge in [0.25, 0.3) is 0 Å². The summed E-state index contributed by atoms with van der Waals surface area (Å²) in [4.78, 5) is 0. The molecule has 0 saturated heterocycles. The fourth-order valence-corrected chi connectivity index (χ4v) is 3.66. The van der Waals surface area contributed by atoms with Gasteiger partial charge >= 0.3 is 0 Å². The van der Waals surface area contributed by atoms with Crippen LogP contribution in [0.1, 0.15) is 0 Å². The first-order valence-corrected chi connectivity index (χ1v) is 8.14. The number of thiophene rings is 1. The van der Waals surface area contributed by atoms with E-state index in [-0.39, 0.29) is 4.21 Å². The number of halogens is 2. The Kier molecular flexibility index (Phi) is 4.03. The van der Waals surface area contributed by atoms with E-state index in [0.717, 1.165) is 16.0 Å². The first kappa shape index (κ1) is 13.9. The molecule has 0 fully saturated rings. The average molecular weight is 326 g/mol.